The summed E-state index contributed by atoms with van der Waals surface area (Å²) in [5.74, 6) is -2.18. The predicted molar refractivity (Wildman–Crippen MR) is 58.6 cm³/mol. The van der Waals surface area contributed by atoms with Gasteiger partial charge in [-0.1, -0.05) is 11.3 Å². The van der Waals surface area contributed by atoms with Crippen molar-refractivity contribution in [3.63, 3.8) is 0 Å². The zero-order valence-corrected chi connectivity index (χ0v) is 9.09. The number of amides is 1. The van der Waals surface area contributed by atoms with Gasteiger partial charge in [0.2, 0.25) is 10.1 Å². The highest BCUT2D eigenvalue weighted by Crippen LogP contribution is 2.16. The summed E-state index contributed by atoms with van der Waals surface area (Å²) >= 11 is 0.879. The van der Waals surface area contributed by atoms with E-state index in [1.165, 1.54) is 0 Å². The normalized spacial score (nSPS) is 10.2. The van der Waals surface area contributed by atoms with Crippen LogP contribution in [0.2, 0.25) is 0 Å². The number of carbonyl (C=O) groups is 1. The van der Waals surface area contributed by atoms with E-state index in [0.29, 0.717) is 6.07 Å². The molecule has 0 aliphatic rings. The van der Waals surface area contributed by atoms with E-state index in [1.807, 2.05) is 0 Å². The van der Waals surface area contributed by atoms with Gasteiger partial charge in [0.15, 0.2) is 0 Å². The number of carbonyl (C=O) groups excluding carboxylic acids is 1. The minimum absolute atomic E-state index is 0.00118. The van der Waals surface area contributed by atoms with Crippen LogP contribution in [-0.4, -0.2) is 16.1 Å². The second kappa shape index (κ2) is 4.42. The Morgan fingerprint density at radius 1 is 1.24 bits per heavy atom. The summed E-state index contributed by atoms with van der Waals surface area (Å²) in [5, 5.41) is 9.40. The summed E-state index contributed by atoms with van der Waals surface area (Å²) in [6.07, 6.45) is 0. The number of aromatic nitrogens is 2. The van der Waals surface area contributed by atoms with Crippen LogP contribution in [-0.2, 0) is 0 Å². The van der Waals surface area contributed by atoms with Gasteiger partial charge in [0.1, 0.15) is 11.6 Å². The molecule has 0 saturated heterocycles. The molecule has 0 radical (unpaired) electrons. The summed E-state index contributed by atoms with van der Waals surface area (Å²) < 4.78 is 25.7. The maximum absolute atomic E-state index is 12.8. The van der Waals surface area contributed by atoms with Crippen molar-refractivity contribution in [2.75, 3.05) is 11.1 Å². The summed E-state index contributed by atoms with van der Waals surface area (Å²) in [6.45, 7) is 0. The van der Waals surface area contributed by atoms with E-state index < -0.39 is 17.5 Å². The smallest absolute Gasteiger partial charge is 0.286 e. The molecule has 0 fully saturated rings. The fraction of sp³-hybridized carbons (Fsp3) is 0. The minimum Gasteiger partial charge on any atom is -0.374 e. The first-order valence-corrected chi connectivity index (χ1v) is 5.22. The molecule has 2 rings (SSSR count). The number of anilines is 2. The van der Waals surface area contributed by atoms with Crippen molar-refractivity contribution in [2.24, 2.45) is 0 Å². The molecule has 0 unspecified atom stereocenters. The van der Waals surface area contributed by atoms with E-state index in [-0.39, 0.29) is 15.8 Å². The van der Waals surface area contributed by atoms with Gasteiger partial charge < -0.3 is 11.1 Å². The Balaban J connectivity index is 2.18. The largest absolute Gasteiger partial charge is 0.374 e. The van der Waals surface area contributed by atoms with Crippen LogP contribution in [0.1, 0.15) is 9.80 Å². The summed E-state index contributed by atoms with van der Waals surface area (Å²) in [7, 11) is 0. The summed E-state index contributed by atoms with van der Waals surface area (Å²) in [6, 6.07) is 2.69. The average molecular weight is 256 g/mol. The second-order valence-electron chi connectivity index (χ2n) is 3.06. The standard InChI is InChI=1S/C9H6F2N4OS/c10-4-1-5(11)3-6(2-4)13-7(16)8-14-15-9(12)17-8/h1-3H,(H2,12,15)(H,13,16). The van der Waals surface area contributed by atoms with Crippen molar-refractivity contribution in [3.05, 3.63) is 34.8 Å². The Hall–Kier alpha value is -2.09. The number of nitrogens with one attached hydrogen (secondary N) is 1. The molecule has 8 heteroatoms. The number of nitrogens with two attached hydrogens (primary N) is 1. The Kier molecular flexibility index (Phi) is 2.96. The summed E-state index contributed by atoms with van der Waals surface area (Å²) in [5.41, 5.74) is 5.30. The molecule has 1 aromatic heterocycles. The van der Waals surface area contributed by atoms with Crippen molar-refractivity contribution in [3.8, 4) is 0 Å². The molecule has 0 atom stereocenters. The zero-order chi connectivity index (χ0) is 12.4. The molecule has 2 aromatic rings. The van der Waals surface area contributed by atoms with Crippen molar-refractivity contribution in [2.45, 2.75) is 0 Å². The number of rotatable bonds is 2. The Labute approximate surface area is 98.3 Å². The Morgan fingerprint density at radius 3 is 2.41 bits per heavy atom. The third kappa shape index (κ3) is 2.72. The molecule has 5 nitrogen and oxygen atoms in total. The maximum Gasteiger partial charge on any atom is 0.286 e. The highest BCUT2D eigenvalue weighted by Gasteiger charge is 2.12. The number of halogens is 2. The highest BCUT2D eigenvalue weighted by atomic mass is 32.1. The molecule has 0 saturated carbocycles. The molecule has 0 aliphatic heterocycles. The van der Waals surface area contributed by atoms with E-state index >= 15 is 0 Å². The predicted octanol–water partition coefficient (Wildman–Crippen LogP) is 1.65. The fourth-order valence-electron chi connectivity index (χ4n) is 1.14. The van der Waals surface area contributed by atoms with Crippen molar-refractivity contribution >= 4 is 28.1 Å². The first-order chi connectivity index (χ1) is 8.04. The van der Waals surface area contributed by atoms with Crippen molar-refractivity contribution in [1.82, 2.24) is 10.2 Å². The first-order valence-electron chi connectivity index (χ1n) is 4.41. The van der Waals surface area contributed by atoms with Crippen LogP contribution in [0.4, 0.5) is 19.6 Å². The third-order valence-corrected chi connectivity index (χ3v) is 2.51. The SMILES string of the molecule is Nc1nnc(C(=O)Nc2cc(F)cc(F)c2)s1. The number of benzene rings is 1. The average Bonchev–Trinajstić information content (AvgIpc) is 2.63. The lowest BCUT2D eigenvalue weighted by atomic mass is 10.3. The van der Waals surface area contributed by atoms with E-state index in [1.54, 1.807) is 0 Å². The topological polar surface area (TPSA) is 80.9 Å². The maximum atomic E-state index is 12.8. The molecule has 0 bridgehead atoms. The Bertz CT molecular complexity index is 552. The van der Waals surface area contributed by atoms with E-state index in [0.717, 1.165) is 23.5 Å². The fourth-order valence-corrected chi connectivity index (χ4v) is 1.64. The van der Waals surface area contributed by atoms with Crippen LogP contribution in [0, 0.1) is 11.6 Å². The molecule has 1 aromatic carbocycles. The molecule has 17 heavy (non-hydrogen) atoms. The molecule has 0 spiro atoms. The highest BCUT2D eigenvalue weighted by molar-refractivity contribution is 7.16. The monoisotopic (exact) mass is 256 g/mol. The van der Waals surface area contributed by atoms with Crippen LogP contribution < -0.4 is 11.1 Å². The van der Waals surface area contributed by atoms with Crippen LogP contribution in [0.25, 0.3) is 0 Å². The van der Waals surface area contributed by atoms with Gasteiger partial charge in [0, 0.05) is 11.8 Å². The van der Waals surface area contributed by atoms with Gasteiger partial charge in [-0.3, -0.25) is 4.79 Å². The molecular weight excluding hydrogens is 250 g/mol. The van der Waals surface area contributed by atoms with E-state index in [9.17, 15) is 13.6 Å². The molecule has 1 heterocycles. The number of nitrogens with zero attached hydrogens (tertiary/aromatic N) is 2. The van der Waals surface area contributed by atoms with Gasteiger partial charge in [-0.15, -0.1) is 10.2 Å². The van der Waals surface area contributed by atoms with Gasteiger partial charge >= 0.3 is 0 Å². The quantitative estimate of drug-likeness (QED) is 0.856. The van der Waals surface area contributed by atoms with Crippen LogP contribution in [0.5, 0.6) is 0 Å². The van der Waals surface area contributed by atoms with Crippen molar-refractivity contribution < 1.29 is 13.6 Å². The Morgan fingerprint density at radius 2 is 1.88 bits per heavy atom. The first kappa shape index (κ1) is 11.4. The number of nitrogen functional groups attached to an aromatic ring is 1. The third-order valence-electron chi connectivity index (χ3n) is 1.76. The molecule has 0 aliphatic carbocycles. The molecule has 1 amide bonds. The van der Waals surface area contributed by atoms with Crippen LogP contribution in [0.3, 0.4) is 0 Å². The van der Waals surface area contributed by atoms with Crippen LogP contribution >= 0.6 is 11.3 Å². The van der Waals surface area contributed by atoms with Gasteiger partial charge in [-0.05, 0) is 12.1 Å². The minimum atomic E-state index is -0.780. The van der Waals surface area contributed by atoms with E-state index in [4.69, 9.17) is 5.73 Å². The second-order valence-corrected chi connectivity index (χ2v) is 4.07. The lowest BCUT2D eigenvalue weighted by Crippen LogP contribution is -2.11. The van der Waals surface area contributed by atoms with Gasteiger partial charge in [-0.2, -0.15) is 0 Å². The molecule has 88 valence electrons. The van der Waals surface area contributed by atoms with Crippen LogP contribution in [0.15, 0.2) is 18.2 Å². The number of hydrogen-bond acceptors (Lipinski definition) is 5. The molecule has 3 N–H and O–H groups in total. The van der Waals surface area contributed by atoms with E-state index in [2.05, 4.69) is 15.5 Å². The number of hydrogen-bond donors (Lipinski definition) is 2. The van der Waals surface area contributed by atoms with Gasteiger partial charge in [0.05, 0.1) is 0 Å². The van der Waals surface area contributed by atoms with Gasteiger partial charge in [-0.25, -0.2) is 8.78 Å². The van der Waals surface area contributed by atoms with Gasteiger partial charge in [0.25, 0.3) is 5.91 Å². The van der Waals surface area contributed by atoms with Crippen molar-refractivity contribution in [1.29, 1.82) is 0 Å². The summed E-state index contributed by atoms with van der Waals surface area (Å²) in [4.78, 5) is 11.5. The lowest BCUT2D eigenvalue weighted by molar-refractivity contribution is 0.102. The molecular formula is C9H6F2N4OS. The lowest BCUT2D eigenvalue weighted by Gasteiger charge is -2.02. The zero-order valence-electron chi connectivity index (χ0n) is 8.28.